The second-order valence-electron chi connectivity index (χ2n) is 7.06. The molecule has 1 heterocycles. The molecule has 1 aromatic rings. The molecule has 2 fully saturated rings. The Bertz CT molecular complexity index is 638. The molecule has 8 heteroatoms. The van der Waals surface area contributed by atoms with Crippen LogP contribution >= 0.6 is 11.3 Å². The molecule has 0 atom stereocenters. The van der Waals surface area contributed by atoms with Crippen molar-refractivity contribution in [2.75, 3.05) is 18.4 Å². The van der Waals surface area contributed by atoms with Gasteiger partial charge in [-0.3, -0.25) is 15.0 Å². The molecular formula is C17H26N4O3S. The van der Waals surface area contributed by atoms with Crippen LogP contribution < -0.4 is 10.6 Å². The lowest BCUT2D eigenvalue weighted by molar-refractivity contribution is -0.139. The molecule has 0 spiro atoms. The van der Waals surface area contributed by atoms with Gasteiger partial charge in [0.25, 0.3) is 0 Å². The highest BCUT2D eigenvalue weighted by molar-refractivity contribution is 7.15. The van der Waals surface area contributed by atoms with Crippen LogP contribution in [-0.4, -0.2) is 52.2 Å². The van der Waals surface area contributed by atoms with Crippen LogP contribution in [0.3, 0.4) is 0 Å². The number of anilines is 1. The van der Waals surface area contributed by atoms with Crippen LogP contribution in [0.15, 0.2) is 0 Å². The molecule has 0 bridgehead atoms. The third kappa shape index (κ3) is 4.92. The van der Waals surface area contributed by atoms with Crippen molar-refractivity contribution in [3.8, 4) is 0 Å². The van der Waals surface area contributed by atoms with E-state index in [1.54, 1.807) is 0 Å². The number of rotatable bonds is 8. The average molecular weight is 366 g/mol. The zero-order chi connectivity index (χ0) is 18.0. The maximum atomic E-state index is 12.1. The SMILES string of the molecule is CCc1nc(NC(=O)NC2CC(N(CC(=O)O)CC3CC3)C2)sc1C. The van der Waals surface area contributed by atoms with E-state index in [-0.39, 0.29) is 24.7 Å². The quantitative estimate of drug-likeness (QED) is 0.657. The summed E-state index contributed by atoms with van der Waals surface area (Å²) >= 11 is 1.49. The van der Waals surface area contributed by atoms with Crippen molar-refractivity contribution in [3.05, 3.63) is 10.6 Å². The van der Waals surface area contributed by atoms with Crippen LogP contribution in [0.25, 0.3) is 0 Å². The summed E-state index contributed by atoms with van der Waals surface area (Å²) in [6.07, 6.45) is 4.89. The normalized spacial score (nSPS) is 22.5. The van der Waals surface area contributed by atoms with Gasteiger partial charge in [-0.25, -0.2) is 9.78 Å². The first-order chi connectivity index (χ1) is 11.9. The topological polar surface area (TPSA) is 94.6 Å². The summed E-state index contributed by atoms with van der Waals surface area (Å²) in [5, 5.41) is 15.5. The Balaban J connectivity index is 1.43. The number of carboxylic acids is 1. The Kier molecular flexibility index (Phi) is 5.58. The average Bonchev–Trinajstić information content (AvgIpc) is 3.23. The van der Waals surface area contributed by atoms with E-state index >= 15 is 0 Å². The van der Waals surface area contributed by atoms with Crippen molar-refractivity contribution in [3.63, 3.8) is 0 Å². The maximum Gasteiger partial charge on any atom is 0.321 e. The smallest absolute Gasteiger partial charge is 0.321 e. The van der Waals surface area contributed by atoms with Gasteiger partial charge in [-0.2, -0.15) is 0 Å². The van der Waals surface area contributed by atoms with E-state index in [4.69, 9.17) is 5.11 Å². The number of nitrogens with one attached hydrogen (secondary N) is 2. The number of thiazole rings is 1. The van der Waals surface area contributed by atoms with Crippen LogP contribution in [-0.2, 0) is 11.2 Å². The van der Waals surface area contributed by atoms with Gasteiger partial charge in [-0.1, -0.05) is 6.92 Å². The van der Waals surface area contributed by atoms with Crippen molar-refractivity contribution in [2.45, 2.75) is 58.0 Å². The minimum absolute atomic E-state index is 0.0955. The molecule has 2 amide bonds. The maximum absolute atomic E-state index is 12.1. The predicted molar refractivity (Wildman–Crippen MR) is 97.1 cm³/mol. The van der Waals surface area contributed by atoms with Crippen molar-refractivity contribution >= 4 is 28.5 Å². The van der Waals surface area contributed by atoms with Crippen LogP contribution in [0.1, 0.15) is 43.2 Å². The number of aromatic nitrogens is 1. The van der Waals surface area contributed by atoms with E-state index in [0.717, 1.165) is 36.4 Å². The summed E-state index contributed by atoms with van der Waals surface area (Å²) in [7, 11) is 0. The number of aliphatic carboxylic acids is 1. The summed E-state index contributed by atoms with van der Waals surface area (Å²) in [5.41, 5.74) is 1.02. The number of hydrogen-bond donors (Lipinski definition) is 3. The Morgan fingerprint density at radius 2 is 2.08 bits per heavy atom. The van der Waals surface area contributed by atoms with Gasteiger partial charge in [0, 0.05) is 23.5 Å². The molecule has 7 nitrogen and oxygen atoms in total. The van der Waals surface area contributed by atoms with Crippen LogP contribution in [0.2, 0.25) is 0 Å². The minimum atomic E-state index is -0.777. The Labute approximate surface area is 151 Å². The highest BCUT2D eigenvalue weighted by Gasteiger charge is 2.37. The number of carbonyl (C=O) groups excluding carboxylic acids is 1. The fourth-order valence-electron chi connectivity index (χ4n) is 3.28. The van der Waals surface area contributed by atoms with Gasteiger partial charge in [-0.05, 0) is 44.9 Å². The first-order valence-corrected chi connectivity index (χ1v) is 9.76. The van der Waals surface area contributed by atoms with Gasteiger partial charge in [0.05, 0.1) is 12.2 Å². The fourth-order valence-corrected chi connectivity index (χ4v) is 4.18. The van der Waals surface area contributed by atoms with Gasteiger partial charge < -0.3 is 10.4 Å². The molecule has 0 aliphatic heterocycles. The highest BCUT2D eigenvalue weighted by Crippen LogP contribution is 2.33. The first kappa shape index (κ1) is 18.1. The molecule has 2 aliphatic carbocycles. The molecule has 0 unspecified atom stereocenters. The van der Waals surface area contributed by atoms with Gasteiger partial charge in [0.1, 0.15) is 0 Å². The van der Waals surface area contributed by atoms with Crippen LogP contribution in [0.5, 0.6) is 0 Å². The lowest BCUT2D eigenvalue weighted by atomic mass is 9.85. The zero-order valence-electron chi connectivity index (χ0n) is 14.7. The standard InChI is InChI=1S/C17H26N4O3S/c1-3-14-10(2)25-17(19-14)20-16(24)18-12-6-13(7-12)21(9-15(22)23)8-11-4-5-11/h11-13H,3-9H2,1-2H3,(H,22,23)(H2,18,19,20,24). The summed E-state index contributed by atoms with van der Waals surface area (Å²) in [6.45, 7) is 5.02. The number of amides is 2. The van der Waals surface area contributed by atoms with Crippen LogP contribution in [0.4, 0.5) is 9.93 Å². The van der Waals surface area contributed by atoms with E-state index in [1.165, 1.54) is 24.2 Å². The third-order valence-corrected chi connectivity index (χ3v) is 5.87. The Morgan fingerprint density at radius 1 is 1.36 bits per heavy atom. The predicted octanol–water partition coefficient (Wildman–Crippen LogP) is 2.46. The summed E-state index contributed by atoms with van der Waals surface area (Å²) in [5.74, 6) is -0.115. The molecule has 3 rings (SSSR count). The van der Waals surface area contributed by atoms with E-state index in [1.807, 2.05) is 13.8 Å². The van der Waals surface area contributed by atoms with Gasteiger partial charge in [0.2, 0.25) is 0 Å². The first-order valence-electron chi connectivity index (χ1n) is 8.94. The Hall–Kier alpha value is -1.67. The number of carbonyl (C=O) groups is 2. The number of aryl methyl sites for hydroxylation is 2. The van der Waals surface area contributed by atoms with Gasteiger partial charge >= 0.3 is 12.0 Å². The minimum Gasteiger partial charge on any atom is -0.480 e. The number of carboxylic acid groups (broad SMARTS) is 1. The zero-order valence-corrected chi connectivity index (χ0v) is 15.6. The summed E-state index contributed by atoms with van der Waals surface area (Å²) in [4.78, 5) is 30.8. The number of hydrogen-bond acceptors (Lipinski definition) is 5. The lowest BCUT2D eigenvalue weighted by Crippen LogP contribution is -2.55. The molecule has 0 saturated heterocycles. The molecule has 3 N–H and O–H groups in total. The largest absolute Gasteiger partial charge is 0.480 e. The molecule has 1 aromatic heterocycles. The molecular weight excluding hydrogens is 340 g/mol. The summed E-state index contributed by atoms with van der Waals surface area (Å²) in [6, 6.07) is 0.134. The van der Waals surface area contributed by atoms with Crippen LogP contribution in [0, 0.1) is 12.8 Å². The lowest BCUT2D eigenvalue weighted by Gasteiger charge is -2.42. The van der Waals surface area contributed by atoms with E-state index in [2.05, 4.69) is 20.5 Å². The molecule has 2 saturated carbocycles. The van der Waals surface area contributed by atoms with E-state index in [0.29, 0.717) is 11.0 Å². The van der Waals surface area contributed by atoms with Crippen molar-refractivity contribution < 1.29 is 14.7 Å². The highest BCUT2D eigenvalue weighted by atomic mass is 32.1. The molecule has 0 radical (unpaired) electrons. The second kappa shape index (κ2) is 7.70. The number of nitrogens with zero attached hydrogens (tertiary/aromatic N) is 2. The number of urea groups is 1. The van der Waals surface area contributed by atoms with Crippen molar-refractivity contribution in [1.82, 2.24) is 15.2 Å². The Morgan fingerprint density at radius 3 is 2.64 bits per heavy atom. The van der Waals surface area contributed by atoms with E-state index in [9.17, 15) is 9.59 Å². The molecule has 0 aromatic carbocycles. The molecule has 138 valence electrons. The summed E-state index contributed by atoms with van der Waals surface area (Å²) < 4.78 is 0. The molecule has 2 aliphatic rings. The van der Waals surface area contributed by atoms with Crippen molar-refractivity contribution in [1.29, 1.82) is 0 Å². The fraction of sp³-hybridized carbons (Fsp3) is 0.706. The van der Waals surface area contributed by atoms with Crippen molar-refractivity contribution in [2.24, 2.45) is 5.92 Å². The third-order valence-electron chi connectivity index (χ3n) is 4.94. The van der Waals surface area contributed by atoms with Gasteiger partial charge in [0.15, 0.2) is 5.13 Å². The monoisotopic (exact) mass is 366 g/mol. The van der Waals surface area contributed by atoms with E-state index < -0.39 is 5.97 Å². The van der Waals surface area contributed by atoms with Gasteiger partial charge in [-0.15, -0.1) is 11.3 Å². The second-order valence-corrected chi connectivity index (χ2v) is 8.27. The molecule has 25 heavy (non-hydrogen) atoms.